The molecule has 0 radical (unpaired) electrons. The number of likely N-dealkylation sites (tertiary alicyclic amines) is 1. The highest BCUT2D eigenvalue weighted by Gasteiger charge is 2.45. The van der Waals surface area contributed by atoms with Gasteiger partial charge in [0.1, 0.15) is 12.5 Å². The molecule has 7 heteroatoms. The highest BCUT2D eigenvalue weighted by molar-refractivity contribution is 5.99. The zero-order chi connectivity index (χ0) is 24.8. The van der Waals surface area contributed by atoms with Crippen molar-refractivity contribution < 1.29 is 23.9 Å². The quantitative estimate of drug-likeness (QED) is 0.403. The number of rotatable bonds is 9. The third kappa shape index (κ3) is 6.38. The first-order valence-electron chi connectivity index (χ1n) is 12.6. The highest BCUT2D eigenvalue weighted by Crippen LogP contribution is 2.35. The molecule has 3 rings (SSSR count). The summed E-state index contributed by atoms with van der Waals surface area (Å²) in [6, 6.07) is 10.2. The summed E-state index contributed by atoms with van der Waals surface area (Å²) in [6.45, 7) is 9.01. The zero-order valence-corrected chi connectivity index (χ0v) is 21.2. The SMILES string of the molecule is CC(C)C(=O)OC[C@@H]1C[C@H](N(C)C(C)C)CC[C@@H]1N1CC[C@H](C(=O)OCc2ccccc2)C1=O. The number of amides is 1. The van der Waals surface area contributed by atoms with Gasteiger partial charge in [0, 0.05) is 30.6 Å². The number of ether oxygens (including phenoxy) is 2. The van der Waals surface area contributed by atoms with Crippen LogP contribution in [0, 0.1) is 17.8 Å². The molecule has 0 N–H and O–H groups in total. The van der Waals surface area contributed by atoms with Crippen LogP contribution in [0.1, 0.15) is 58.9 Å². The van der Waals surface area contributed by atoms with Crippen LogP contribution < -0.4 is 0 Å². The van der Waals surface area contributed by atoms with Gasteiger partial charge < -0.3 is 19.3 Å². The highest BCUT2D eigenvalue weighted by atomic mass is 16.5. The summed E-state index contributed by atoms with van der Waals surface area (Å²) >= 11 is 0. The molecule has 1 aliphatic heterocycles. The van der Waals surface area contributed by atoms with Crippen LogP contribution in [-0.4, -0.2) is 66.0 Å². The van der Waals surface area contributed by atoms with E-state index in [-0.39, 0.29) is 36.4 Å². The van der Waals surface area contributed by atoms with Crippen molar-refractivity contribution in [3.05, 3.63) is 35.9 Å². The van der Waals surface area contributed by atoms with Gasteiger partial charge >= 0.3 is 11.9 Å². The van der Waals surface area contributed by atoms with E-state index in [9.17, 15) is 14.4 Å². The van der Waals surface area contributed by atoms with Gasteiger partial charge in [-0.3, -0.25) is 14.4 Å². The first kappa shape index (κ1) is 26.2. The van der Waals surface area contributed by atoms with Gasteiger partial charge in [-0.2, -0.15) is 0 Å². The molecule has 188 valence electrons. The van der Waals surface area contributed by atoms with Crippen molar-refractivity contribution in [2.45, 2.75) is 78.1 Å². The first-order chi connectivity index (χ1) is 16.2. The van der Waals surface area contributed by atoms with Gasteiger partial charge in [-0.1, -0.05) is 44.2 Å². The van der Waals surface area contributed by atoms with Gasteiger partial charge in [-0.25, -0.2) is 0 Å². The molecule has 1 aromatic carbocycles. The Morgan fingerprint density at radius 1 is 1.06 bits per heavy atom. The molecule has 1 aliphatic carbocycles. The molecule has 7 nitrogen and oxygen atoms in total. The topological polar surface area (TPSA) is 76.2 Å². The number of carbonyl (C=O) groups is 3. The second kappa shape index (κ2) is 11.8. The molecule has 2 fully saturated rings. The van der Waals surface area contributed by atoms with Crippen LogP contribution in [0.15, 0.2) is 30.3 Å². The van der Waals surface area contributed by atoms with Crippen molar-refractivity contribution in [2.75, 3.05) is 20.2 Å². The summed E-state index contributed by atoms with van der Waals surface area (Å²) in [5.41, 5.74) is 0.901. The molecule has 1 heterocycles. The molecule has 1 aromatic rings. The van der Waals surface area contributed by atoms with Gasteiger partial charge in [-0.05, 0) is 52.1 Å². The van der Waals surface area contributed by atoms with E-state index < -0.39 is 11.9 Å². The van der Waals surface area contributed by atoms with Crippen LogP contribution >= 0.6 is 0 Å². The monoisotopic (exact) mass is 472 g/mol. The molecule has 1 saturated carbocycles. The van der Waals surface area contributed by atoms with Crippen molar-refractivity contribution in [3.63, 3.8) is 0 Å². The van der Waals surface area contributed by atoms with Crippen LogP contribution in [0.4, 0.5) is 0 Å². The molecular weight excluding hydrogens is 432 g/mol. The standard InChI is InChI=1S/C27H40N2O5/c1-18(2)26(31)34-17-21-15-22(28(5)19(3)4)11-12-24(21)29-14-13-23(25(29)30)27(32)33-16-20-9-7-6-8-10-20/h6-10,18-19,21-24H,11-17H2,1-5H3/t21-,22+,23-,24-/m0/s1. The fourth-order valence-corrected chi connectivity index (χ4v) is 5.04. The largest absolute Gasteiger partial charge is 0.465 e. The average Bonchev–Trinajstić information content (AvgIpc) is 3.21. The molecular formula is C27H40N2O5. The summed E-state index contributed by atoms with van der Waals surface area (Å²) in [7, 11) is 2.13. The van der Waals surface area contributed by atoms with Gasteiger partial charge in [0.05, 0.1) is 12.5 Å². The molecule has 2 aliphatic rings. The van der Waals surface area contributed by atoms with E-state index in [1.54, 1.807) is 0 Å². The Bertz CT molecular complexity index is 841. The lowest BCUT2D eigenvalue weighted by Gasteiger charge is -2.44. The predicted octanol–water partition coefficient (Wildman–Crippen LogP) is 3.66. The van der Waals surface area contributed by atoms with Crippen LogP contribution in [0.5, 0.6) is 0 Å². The Balaban J connectivity index is 1.65. The smallest absolute Gasteiger partial charge is 0.318 e. The van der Waals surface area contributed by atoms with Crippen molar-refractivity contribution in [2.24, 2.45) is 17.8 Å². The van der Waals surface area contributed by atoms with E-state index in [1.165, 1.54) is 0 Å². The van der Waals surface area contributed by atoms with E-state index >= 15 is 0 Å². The molecule has 0 unspecified atom stereocenters. The Kier molecular flexibility index (Phi) is 9.11. The van der Waals surface area contributed by atoms with Crippen molar-refractivity contribution in [3.8, 4) is 0 Å². The van der Waals surface area contributed by atoms with E-state index in [4.69, 9.17) is 9.47 Å². The van der Waals surface area contributed by atoms with E-state index in [1.807, 2.05) is 49.1 Å². The minimum atomic E-state index is -0.751. The second-order valence-corrected chi connectivity index (χ2v) is 10.3. The third-order valence-corrected chi connectivity index (χ3v) is 7.36. The maximum absolute atomic E-state index is 13.3. The Morgan fingerprint density at radius 2 is 1.76 bits per heavy atom. The molecule has 0 bridgehead atoms. The minimum absolute atomic E-state index is 0.0313. The number of nitrogens with zero attached hydrogens (tertiary/aromatic N) is 2. The van der Waals surface area contributed by atoms with E-state index in [0.717, 1.165) is 24.8 Å². The molecule has 0 aromatic heterocycles. The number of esters is 2. The maximum Gasteiger partial charge on any atom is 0.318 e. The lowest BCUT2D eigenvalue weighted by molar-refractivity contribution is -0.155. The van der Waals surface area contributed by atoms with E-state index in [0.29, 0.717) is 31.7 Å². The Hall–Kier alpha value is -2.41. The van der Waals surface area contributed by atoms with E-state index in [2.05, 4.69) is 25.8 Å². The fourth-order valence-electron chi connectivity index (χ4n) is 5.04. The lowest BCUT2D eigenvalue weighted by Crippen LogP contribution is -2.51. The average molecular weight is 473 g/mol. The van der Waals surface area contributed by atoms with Gasteiger partial charge in [-0.15, -0.1) is 0 Å². The Morgan fingerprint density at radius 3 is 2.41 bits per heavy atom. The van der Waals surface area contributed by atoms with Gasteiger partial charge in [0.15, 0.2) is 0 Å². The van der Waals surface area contributed by atoms with Crippen LogP contribution in [0.3, 0.4) is 0 Å². The fraction of sp³-hybridized carbons (Fsp3) is 0.667. The summed E-state index contributed by atoms with van der Waals surface area (Å²) in [5.74, 6) is -1.71. The number of hydrogen-bond acceptors (Lipinski definition) is 6. The summed E-state index contributed by atoms with van der Waals surface area (Å²) in [4.78, 5) is 42.4. The van der Waals surface area contributed by atoms with Crippen molar-refractivity contribution in [1.29, 1.82) is 0 Å². The molecule has 4 atom stereocenters. The molecule has 1 amide bonds. The molecule has 0 spiro atoms. The normalized spacial score (nSPS) is 25.3. The zero-order valence-electron chi connectivity index (χ0n) is 21.2. The van der Waals surface area contributed by atoms with Gasteiger partial charge in [0.2, 0.25) is 5.91 Å². The Labute approximate surface area is 203 Å². The number of benzene rings is 1. The van der Waals surface area contributed by atoms with Crippen LogP contribution in [-0.2, 0) is 30.5 Å². The van der Waals surface area contributed by atoms with Crippen LogP contribution in [0.2, 0.25) is 0 Å². The van der Waals surface area contributed by atoms with Crippen molar-refractivity contribution in [1.82, 2.24) is 9.80 Å². The summed E-state index contributed by atoms with van der Waals surface area (Å²) in [6.07, 6.45) is 3.14. The summed E-state index contributed by atoms with van der Waals surface area (Å²) in [5, 5.41) is 0. The number of carbonyl (C=O) groups excluding carboxylic acids is 3. The summed E-state index contributed by atoms with van der Waals surface area (Å²) < 4.78 is 11.1. The van der Waals surface area contributed by atoms with Gasteiger partial charge in [0.25, 0.3) is 0 Å². The molecule has 34 heavy (non-hydrogen) atoms. The van der Waals surface area contributed by atoms with Crippen LogP contribution in [0.25, 0.3) is 0 Å². The minimum Gasteiger partial charge on any atom is -0.465 e. The molecule has 1 saturated heterocycles. The third-order valence-electron chi connectivity index (χ3n) is 7.36. The predicted molar refractivity (Wildman–Crippen MR) is 130 cm³/mol. The lowest BCUT2D eigenvalue weighted by atomic mass is 9.80. The maximum atomic E-state index is 13.3. The van der Waals surface area contributed by atoms with Crippen molar-refractivity contribution >= 4 is 17.8 Å². The number of hydrogen-bond donors (Lipinski definition) is 0. The first-order valence-corrected chi connectivity index (χ1v) is 12.6. The second-order valence-electron chi connectivity index (χ2n) is 10.3.